The third kappa shape index (κ3) is 4.02. The molecule has 3 fully saturated rings. The van der Waals surface area contributed by atoms with Gasteiger partial charge in [-0.3, -0.25) is 0 Å². The van der Waals surface area contributed by atoms with Crippen LogP contribution in [0.5, 0.6) is 0 Å². The van der Waals surface area contributed by atoms with Crippen molar-refractivity contribution in [1.82, 2.24) is 0 Å². The van der Waals surface area contributed by atoms with E-state index in [1.165, 1.54) is 23.2 Å². The van der Waals surface area contributed by atoms with E-state index < -0.39 is 13.9 Å². The molecule has 6 rings (SSSR count). The Balaban J connectivity index is 1.32. The van der Waals surface area contributed by atoms with Crippen molar-refractivity contribution in [2.45, 2.75) is 103 Å². The van der Waals surface area contributed by atoms with Crippen LogP contribution in [0.3, 0.4) is 0 Å². The second kappa shape index (κ2) is 9.82. The highest BCUT2D eigenvalue weighted by Gasteiger charge is 2.63. The van der Waals surface area contributed by atoms with Crippen LogP contribution in [-0.4, -0.2) is 25.1 Å². The lowest BCUT2D eigenvalue weighted by atomic mass is 9.47. The van der Waals surface area contributed by atoms with E-state index in [0.29, 0.717) is 17.8 Å². The van der Waals surface area contributed by atoms with Crippen LogP contribution < -0.4 is 10.4 Å². The standard InChI is InChI=1S/C37H50O2Si/c1-7-37(38)25-22-33-31-19-18-27-26-28(20-23-35(27,5)32(31)21-24-36(33,37)6)39-40(34(2,3)4,29-14-10-8-11-15-29)30-16-12-9-13-17-30/h7-18,28,31-33,38H,1,19-26H2,2-6H3/t28?,31-,32+,33+,35+,36+,37+/m1/s1. The van der Waals surface area contributed by atoms with Crippen LogP contribution in [0.2, 0.25) is 5.04 Å². The van der Waals surface area contributed by atoms with Crippen LogP contribution in [0.15, 0.2) is 85.0 Å². The highest BCUT2D eigenvalue weighted by molar-refractivity contribution is 6.99. The summed E-state index contributed by atoms with van der Waals surface area (Å²) in [6, 6.07) is 22.2. The van der Waals surface area contributed by atoms with E-state index in [1.54, 1.807) is 5.57 Å². The molecular weight excluding hydrogens is 504 g/mol. The molecule has 1 unspecified atom stereocenters. The molecule has 214 valence electrons. The predicted octanol–water partition coefficient (Wildman–Crippen LogP) is 7.81. The number of benzene rings is 2. The minimum atomic E-state index is -2.56. The van der Waals surface area contributed by atoms with E-state index in [0.717, 1.165) is 38.5 Å². The molecule has 4 aliphatic carbocycles. The molecule has 3 heteroatoms. The highest BCUT2D eigenvalue weighted by atomic mass is 28.4. The Morgan fingerprint density at radius 2 is 1.48 bits per heavy atom. The molecule has 0 radical (unpaired) electrons. The van der Waals surface area contributed by atoms with E-state index in [9.17, 15) is 5.11 Å². The molecule has 2 nitrogen and oxygen atoms in total. The smallest absolute Gasteiger partial charge is 0.261 e. The first-order valence-electron chi connectivity index (χ1n) is 15.8. The molecule has 7 atom stereocenters. The number of allylic oxidation sites excluding steroid dienone is 1. The lowest BCUT2D eigenvalue weighted by Gasteiger charge is -2.59. The summed E-state index contributed by atoms with van der Waals surface area (Å²) in [5.74, 6) is 1.98. The zero-order valence-corrected chi connectivity index (χ0v) is 26.5. The lowest BCUT2D eigenvalue weighted by Crippen LogP contribution is -2.68. The second-order valence-corrected chi connectivity index (χ2v) is 19.3. The van der Waals surface area contributed by atoms with Crippen LogP contribution in [-0.2, 0) is 4.43 Å². The topological polar surface area (TPSA) is 29.5 Å². The van der Waals surface area contributed by atoms with Gasteiger partial charge in [0.15, 0.2) is 0 Å². The zero-order valence-electron chi connectivity index (χ0n) is 25.5. The third-order valence-electron chi connectivity index (χ3n) is 12.4. The van der Waals surface area contributed by atoms with Gasteiger partial charge >= 0.3 is 0 Å². The summed E-state index contributed by atoms with van der Waals surface area (Å²) in [5.41, 5.74) is 1.18. The van der Waals surface area contributed by atoms with E-state index in [-0.39, 0.29) is 22.0 Å². The first-order chi connectivity index (χ1) is 19.0. The average molecular weight is 555 g/mol. The fraction of sp³-hybridized carbons (Fsp3) is 0.568. The van der Waals surface area contributed by atoms with Crippen molar-refractivity contribution in [3.63, 3.8) is 0 Å². The van der Waals surface area contributed by atoms with Gasteiger partial charge in [0, 0.05) is 11.5 Å². The molecule has 3 saturated carbocycles. The molecule has 40 heavy (non-hydrogen) atoms. The van der Waals surface area contributed by atoms with Crippen molar-refractivity contribution in [2.24, 2.45) is 28.6 Å². The Morgan fingerprint density at radius 1 is 0.875 bits per heavy atom. The number of fused-ring (bicyclic) bond motifs is 5. The summed E-state index contributed by atoms with van der Waals surface area (Å²) in [6.45, 7) is 16.2. The maximum absolute atomic E-state index is 11.5. The maximum Gasteiger partial charge on any atom is 0.261 e. The quantitative estimate of drug-likeness (QED) is 0.302. The molecule has 0 spiro atoms. The van der Waals surface area contributed by atoms with Crippen LogP contribution >= 0.6 is 0 Å². The highest BCUT2D eigenvalue weighted by Crippen LogP contribution is 2.67. The van der Waals surface area contributed by atoms with Gasteiger partial charge in [-0.15, -0.1) is 6.58 Å². The van der Waals surface area contributed by atoms with Crippen LogP contribution in [0.1, 0.15) is 86.0 Å². The fourth-order valence-corrected chi connectivity index (χ4v) is 14.8. The molecule has 2 aromatic carbocycles. The van der Waals surface area contributed by atoms with Crippen molar-refractivity contribution >= 4 is 18.7 Å². The Bertz CT molecular complexity index is 1220. The van der Waals surface area contributed by atoms with E-state index >= 15 is 0 Å². The largest absolute Gasteiger partial charge is 0.404 e. The van der Waals surface area contributed by atoms with Crippen LogP contribution in [0.4, 0.5) is 0 Å². The van der Waals surface area contributed by atoms with E-state index in [1.807, 2.05) is 6.08 Å². The Morgan fingerprint density at radius 3 is 2.05 bits per heavy atom. The van der Waals surface area contributed by atoms with Crippen molar-refractivity contribution in [3.05, 3.63) is 85.0 Å². The molecule has 0 heterocycles. The summed E-state index contributed by atoms with van der Waals surface area (Å²) < 4.78 is 7.63. The summed E-state index contributed by atoms with van der Waals surface area (Å²) in [5, 5.41) is 14.2. The first kappa shape index (κ1) is 28.2. The monoisotopic (exact) mass is 554 g/mol. The normalized spacial score (nSPS) is 37.6. The van der Waals surface area contributed by atoms with Gasteiger partial charge in [0.05, 0.1) is 5.60 Å². The molecule has 0 aromatic heterocycles. The van der Waals surface area contributed by atoms with Crippen molar-refractivity contribution in [3.8, 4) is 0 Å². The Kier molecular flexibility index (Phi) is 6.92. The molecule has 2 aromatic rings. The maximum atomic E-state index is 11.5. The van der Waals surface area contributed by atoms with Gasteiger partial charge < -0.3 is 9.53 Å². The van der Waals surface area contributed by atoms with E-state index in [4.69, 9.17) is 4.43 Å². The van der Waals surface area contributed by atoms with Gasteiger partial charge in [-0.25, -0.2) is 0 Å². The van der Waals surface area contributed by atoms with Gasteiger partial charge in [-0.1, -0.05) is 113 Å². The van der Waals surface area contributed by atoms with Crippen LogP contribution in [0.25, 0.3) is 0 Å². The molecule has 1 N–H and O–H groups in total. The summed E-state index contributed by atoms with van der Waals surface area (Å²) in [7, 11) is -2.56. The molecule has 0 saturated heterocycles. The Labute approximate surface area is 244 Å². The van der Waals surface area contributed by atoms with Crippen LogP contribution in [0, 0.1) is 28.6 Å². The third-order valence-corrected chi connectivity index (χ3v) is 17.5. The molecule has 4 aliphatic rings. The van der Waals surface area contributed by atoms with Gasteiger partial charge in [0.25, 0.3) is 8.32 Å². The SMILES string of the molecule is C=C[C@]1(O)CC[C@H]2[C@@H]3CC=C4CC(O[Si](c5ccccc5)(c5ccccc5)C(C)(C)C)CC[C@]4(C)[C@H]3CC[C@@]21C. The van der Waals surface area contributed by atoms with E-state index in [2.05, 4.69) is 108 Å². The number of aliphatic hydroxyl groups is 1. The molecular formula is C37H50O2Si. The predicted molar refractivity (Wildman–Crippen MR) is 169 cm³/mol. The minimum absolute atomic E-state index is 0.000738. The number of hydrogen-bond donors (Lipinski definition) is 1. The molecule has 0 aliphatic heterocycles. The molecule has 0 amide bonds. The number of hydrogen-bond acceptors (Lipinski definition) is 2. The van der Waals surface area contributed by atoms with Gasteiger partial charge in [0.1, 0.15) is 0 Å². The zero-order chi connectivity index (χ0) is 28.4. The molecule has 0 bridgehead atoms. The van der Waals surface area contributed by atoms with Gasteiger partial charge in [-0.2, -0.15) is 0 Å². The summed E-state index contributed by atoms with van der Waals surface area (Å²) in [4.78, 5) is 0. The summed E-state index contributed by atoms with van der Waals surface area (Å²) in [6.07, 6.45) is 13.6. The van der Waals surface area contributed by atoms with Gasteiger partial charge in [-0.05, 0) is 89.9 Å². The van der Waals surface area contributed by atoms with Crippen molar-refractivity contribution in [1.29, 1.82) is 0 Å². The first-order valence-corrected chi connectivity index (χ1v) is 17.7. The minimum Gasteiger partial charge on any atom is -0.404 e. The lowest BCUT2D eigenvalue weighted by molar-refractivity contribution is -0.101. The number of rotatable bonds is 5. The van der Waals surface area contributed by atoms with Crippen molar-refractivity contribution in [2.75, 3.05) is 0 Å². The van der Waals surface area contributed by atoms with Gasteiger partial charge in [0.2, 0.25) is 0 Å². The fourth-order valence-electron chi connectivity index (χ4n) is 10.1. The van der Waals surface area contributed by atoms with Crippen molar-refractivity contribution < 1.29 is 9.53 Å². The summed E-state index contributed by atoms with van der Waals surface area (Å²) >= 11 is 0. The average Bonchev–Trinajstić information content (AvgIpc) is 3.23. The Hall–Kier alpha value is -1.94. The second-order valence-electron chi connectivity index (χ2n) is 15.0.